The Labute approximate surface area is 537 Å². The molecule has 0 aromatic rings. The van der Waals surface area contributed by atoms with E-state index in [9.17, 15) is 43.2 Å². The van der Waals surface area contributed by atoms with Crippen molar-refractivity contribution in [3.8, 4) is 0 Å². The Morgan fingerprint density at radius 1 is 0.330 bits per heavy atom. The molecule has 0 aliphatic heterocycles. The molecule has 0 aromatic carbocycles. The molecule has 0 spiro atoms. The van der Waals surface area contributed by atoms with Crippen LogP contribution in [0.4, 0.5) is 0 Å². The lowest BCUT2D eigenvalue weighted by molar-refractivity contribution is -0.161. The zero-order valence-electron chi connectivity index (χ0n) is 57.2. The molecule has 0 amide bonds. The maximum Gasteiger partial charge on any atom is 0.472 e. The van der Waals surface area contributed by atoms with Crippen LogP contribution in [0.2, 0.25) is 0 Å². The summed E-state index contributed by atoms with van der Waals surface area (Å²) in [5.41, 5.74) is 0. The predicted molar refractivity (Wildman–Crippen MR) is 354 cm³/mol. The number of aliphatic hydroxyl groups is 1. The summed E-state index contributed by atoms with van der Waals surface area (Å²) in [5, 5.41) is 10.6. The van der Waals surface area contributed by atoms with Gasteiger partial charge in [0.05, 0.1) is 26.4 Å². The van der Waals surface area contributed by atoms with E-state index in [1.807, 2.05) is 0 Å². The summed E-state index contributed by atoms with van der Waals surface area (Å²) in [5.74, 6) is 0.122. The molecule has 0 bridgehead atoms. The lowest BCUT2D eigenvalue weighted by Gasteiger charge is -2.21. The monoisotopic (exact) mass is 1300 g/mol. The number of esters is 4. The van der Waals surface area contributed by atoms with Crippen LogP contribution in [0.5, 0.6) is 0 Å². The van der Waals surface area contributed by atoms with Crippen molar-refractivity contribution in [1.29, 1.82) is 0 Å². The maximum atomic E-state index is 13.0. The van der Waals surface area contributed by atoms with E-state index in [1.54, 1.807) is 0 Å². The minimum absolute atomic E-state index is 0.105. The smallest absolute Gasteiger partial charge is 0.462 e. The highest BCUT2D eigenvalue weighted by Gasteiger charge is 2.30. The molecular weight excluding hydrogens is 1160 g/mol. The summed E-state index contributed by atoms with van der Waals surface area (Å²) >= 11 is 0. The van der Waals surface area contributed by atoms with Crippen LogP contribution >= 0.6 is 15.6 Å². The highest BCUT2D eigenvalue weighted by molar-refractivity contribution is 7.47. The Morgan fingerprint density at radius 3 is 0.864 bits per heavy atom. The van der Waals surface area contributed by atoms with Gasteiger partial charge in [-0.25, -0.2) is 9.13 Å². The second-order valence-corrected chi connectivity index (χ2v) is 29.0. The predicted octanol–water partition coefficient (Wildman–Crippen LogP) is 19.5. The average Bonchev–Trinajstić information content (AvgIpc) is 3.69. The van der Waals surface area contributed by atoms with E-state index in [-0.39, 0.29) is 25.7 Å². The fraction of sp³-hybridized carbons (Fsp3) is 0.942. The van der Waals surface area contributed by atoms with E-state index < -0.39 is 97.5 Å². The number of phosphoric acid groups is 2. The fourth-order valence-corrected chi connectivity index (χ4v) is 11.9. The molecular formula is C69H134O17P2. The first-order chi connectivity index (χ1) is 42.3. The van der Waals surface area contributed by atoms with Crippen molar-refractivity contribution in [3.63, 3.8) is 0 Å². The molecule has 3 unspecified atom stereocenters. The molecule has 0 heterocycles. The first-order valence-electron chi connectivity index (χ1n) is 35.9. The molecule has 88 heavy (non-hydrogen) atoms. The molecule has 0 aliphatic carbocycles. The zero-order chi connectivity index (χ0) is 65.2. The largest absolute Gasteiger partial charge is 0.472 e. The van der Waals surface area contributed by atoms with Gasteiger partial charge in [0, 0.05) is 25.7 Å². The number of rotatable bonds is 67. The normalized spacial score (nSPS) is 14.5. The molecule has 0 rings (SSSR count). The molecule has 0 saturated carbocycles. The fourth-order valence-electron chi connectivity index (χ4n) is 10.3. The summed E-state index contributed by atoms with van der Waals surface area (Å²) in [6, 6.07) is 0. The molecule has 0 radical (unpaired) electrons. The third-order valence-corrected chi connectivity index (χ3v) is 18.1. The molecule has 0 saturated heterocycles. The van der Waals surface area contributed by atoms with Crippen LogP contribution in [0.25, 0.3) is 0 Å². The summed E-state index contributed by atoms with van der Waals surface area (Å²) in [4.78, 5) is 72.4. The number of unbranched alkanes of at least 4 members (excludes halogenated alkanes) is 34. The van der Waals surface area contributed by atoms with Gasteiger partial charge < -0.3 is 33.8 Å². The Hall–Kier alpha value is -1.94. The van der Waals surface area contributed by atoms with Crippen molar-refractivity contribution >= 4 is 39.5 Å². The quantitative estimate of drug-likeness (QED) is 0.0222. The third-order valence-electron chi connectivity index (χ3n) is 16.2. The summed E-state index contributed by atoms with van der Waals surface area (Å²) in [6.07, 6.45) is 43.1. The van der Waals surface area contributed by atoms with E-state index in [2.05, 4.69) is 48.5 Å². The summed E-state index contributed by atoms with van der Waals surface area (Å²) in [7, 11) is -9.90. The van der Waals surface area contributed by atoms with Gasteiger partial charge in [-0.05, 0) is 43.4 Å². The van der Waals surface area contributed by atoms with Gasteiger partial charge in [0.1, 0.15) is 19.3 Å². The van der Waals surface area contributed by atoms with Crippen molar-refractivity contribution in [2.24, 2.45) is 17.8 Å². The van der Waals surface area contributed by atoms with Crippen molar-refractivity contribution in [2.45, 2.75) is 362 Å². The molecule has 0 aromatic heterocycles. The van der Waals surface area contributed by atoms with Crippen LogP contribution in [0, 0.1) is 17.8 Å². The van der Waals surface area contributed by atoms with Crippen LogP contribution < -0.4 is 0 Å². The first kappa shape index (κ1) is 86.1. The van der Waals surface area contributed by atoms with Gasteiger partial charge in [-0.2, -0.15) is 0 Å². The van der Waals surface area contributed by atoms with Gasteiger partial charge in [0.25, 0.3) is 0 Å². The molecule has 0 aliphatic rings. The first-order valence-corrected chi connectivity index (χ1v) is 38.9. The Balaban J connectivity index is 5.23. The van der Waals surface area contributed by atoms with Crippen LogP contribution in [0.3, 0.4) is 0 Å². The lowest BCUT2D eigenvalue weighted by Crippen LogP contribution is -2.30. The van der Waals surface area contributed by atoms with Gasteiger partial charge in [0.15, 0.2) is 12.2 Å². The minimum atomic E-state index is -4.95. The average molecular weight is 1300 g/mol. The van der Waals surface area contributed by atoms with Crippen LogP contribution in [-0.4, -0.2) is 96.7 Å². The van der Waals surface area contributed by atoms with Gasteiger partial charge in [-0.15, -0.1) is 0 Å². The van der Waals surface area contributed by atoms with Crippen LogP contribution in [-0.2, 0) is 65.4 Å². The van der Waals surface area contributed by atoms with Crippen LogP contribution in [0.15, 0.2) is 0 Å². The lowest BCUT2D eigenvalue weighted by atomic mass is 9.99. The van der Waals surface area contributed by atoms with E-state index >= 15 is 0 Å². The van der Waals surface area contributed by atoms with E-state index in [0.29, 0.717) is 31.6 Å². The topological polar surface area (TPSA) is 237 Å². The Bertz CT molecular complexity index is 1730. The van der Waals surface area contributed by atoms with E-state index in [1.165, 1.54) is 148 Å². The van der Waals surface area contributed by atoms with Crippen molar-refractivity contribution in [2.75, 3.05) is 39.6 Å². The number of carbonyl (C=O) groups is 4. The zero-order valence-corrected chi connectivity index (χ0v) is 59.0. The van der Waals surface area contributed by atoms with Crippen molar-refractivity contribution in [3.05, 3.63) is 0 Å². The number of phosphoric ester groups is 2. The standard InChI is InChI=1S/C69H134O17P2/c1-8-10-11-12-13-14-22-29-38-45-52-68(73)86-65(57-80-67(72)51-44-37-32-31-34-41-48-61(5)6)59-84-88(77,78)82-55-63(70)54-81-87(75,76)83-58-64(56-79-66(71)50-43-36-28-25-24-27-35-42-49-62(7)9-2)85-69(74)53-46-39-30-23-20-18-16-15-17-19-21-26-33-40-47-60(3)4/h60-65,70H,8-59H2,1-7H3,(H,75,76)(H,77,78)/t62?,63-,64-,65-/m1/s1. The second-order valence-electron chi connectivity index (χ2n) is 26.1. The van der Waals surface area contributed by atoms with Gasteiger partial charge in [-0.3, -0.25) is 37.3 Å². The second kappa shape index (κ2) is 60.0. The number of hydrogen-bond acceptors (Lipinski definition) is 15. The Morgan fingerprint density at radius 2 is 0.580 bits per heavy atom. The number of aliphatic hydroxyl groups excluding tert-OH is 1. The van der Waals surface area contributed by atoms with Gasteiger partial charge >= 0.3 is 39.5 Å². The SMILES string of the molecule is CCCCCCCCCCCCC(=O)O[C@H](COC(=O)CCCCCCCCC(C)C)COP(=O)(O)OC[C@H](O)COP(=O)(O)OC[C@@H](COC(=O)CCCCCCCCCCC(C)CC)OC(=O)CCCCCCCCCCCCCCCCC(C)C. The highest BCUT2D eigenvalue weighted by atomic mass is 31.2. The molecule has 0 fully saturated rings. The van der Waals surface area contributed by atoms with E-state index in [4.69, 9.17) is 37.0 Å². The number of ether oxygens (including phenoxy) is 4. The van der Waals surface area contributed by atoms with Crippen LogP contribution in [0.1, 0.15) is 344 Å². The Kier molecular flexibility index (Phi) is 58.7. The summed E-state index contributed by atoms with van der Waals surface area (Å²) < 4.78 is 68.2. The molecule has 17 nitrogen and oxygen atoms in total. The minimum Gasteiger partial charge on any atom is -0.462 e. The highest BCUT2D eigenvalue weighted by Crippen LogP contribution is 2.45. The molecule has 3 N–H and O–H groups in total. The molecule has 522 valence electrons. The number of carbonyl (C=O) groups excluding carboxylic acids is 4. The van der Waals surface area contributed by atoms with E-state index in [0.717, 1.165) is 108 Å². The molecule has 6 atom stereocenters. The summed E-state index contributed by atoms with van der Waals surface area (Å²) in [6.45, 7) is 11.8. The molecule has 19 heteroatoms. The van der Waals surface area contributed by atoms with Crippen molar-refractivity contribution < 1.29 is 80.2 Å². The number of hydrogen-bond donors (Lipinski definition) is 3. The third kappa shape index (κ3) is 61.6. The van der Waals surface area contributed by atoms with Crippen molar-refractivity contribution in [1.82, 2.24) is 0 Å². The maximum absolute atomic E-state index is 13.0. The van der Waals surface area contributed by atoms with Gasteiger partial charge in [-0.1, -0.05) is 292 Å². The van der Waals surface area contributed by atoms with Gasteiger partial charge in [0.2, 0.25) is 0 Å².